The van der Waals surface area contributed by atoms with Gasteiger partial charge in [0.1, 0.15) is 41.3 Å². The molecular weight excluding hydrogens is 563 g/mol. The van der Waals surface area contributed by atoms with E-state index in [1.807, 2.05) is 0 Å². The van der Waals surface area contributed by atoms with Crippen LogP contribution in [0, 0.1) is 17.1 Å². The normalized spacial score (nSPS) is 13.8. The molecule has 0 saturated heterocycles. The van der Waals surface area contributed by atoms with E-state index in [2.05, 4.69) is 6.07 Å². The number of fused-ring (bicyclic) bond motifs is 1. The highest BCUT2D eigenvalue weighted by atomic mass is 35.5. The van der Waals surface area contributed by atoms with Gasteiger partial charge in [0.15, 0.2) is 18.1 Å². The number of esters is 1. The molecule has 0 amide bonds. The van der Waals surface area contributed by atoms with E-state index in [0.717, 1.165) is 5.56 Å². The fraction of sp³-hybridized carbons (Fsp3) is 0.125. The standard InChI is InChI=1S/C32H24ClFN2O6/c1-38-29-14-20(4-13-27(29)40-17-19-2-7-22(34)8-3-19)31-25-12-11-24(15-28(25)42-32(36)26(31)16-35)41-30(37)18-39-23-9-5-21(33)6-10-23/h2-15,31H,17-18,36H2,1H3. The number of methoxy groups -OCH3 is 1. The largest absolute Gasteiger partial charge is 0.493 e. The van der Waals surface area contributed by atoms with Gasteiger partial charge in [0.25, 0.3) is 0 Å². The Labute approximate surface area is 246 Å². The number of nitrogens with zero attached hydrogens (tertiary/aromatic N) is 1. The summed E-state index contributed by atoms with van der Waals surface area (Å²) in [6, 6.07) is 24.9. The molecule has 5 rings (SSSR count). The Morgan fingerprint density at radius 3 is 2.43 bits per heavy atom. The lowest BCUT2D eigenvalue weighted by Crippen LogP contribution is -2.21. The second-order valence-electron chi connectivity index (χ2n) is 9.17. The van der Waals surface area contributed by atoms with Crippen molar-refractivity contribution >= 4 is 17.6 Å². The van der Waals surface area contributed by atoms with Crippen molar-refractivity contribution in [2.75, 3.05) is 13.7 Å². The highest BCUT2D eigenvalue weighted by Gasteiger charge is 2.32. The Morgan fingerprint density at radius 2 is 1.71 bits per heavy atom. The zero-order valence-corrected chi connectivity index (χ0v) is 23.1. The Bertz CT molecular complexity index is 1680. The van der Waals surface area contributed by atoms with Crippen LogP contribution < -0.4 is 29.4 Å². The minimum absolute atomic E-state index is 0.0693. The van der Waals surface area contributed by atoms with Gasteiger partial charge in [-0.15, -0.1) is 0 Å². The number of carbonyl (C=O) groups is 1. The second kappa shape index (κ2) is 12.5. The van der Waals surface area contributed by atoms with Gasteiger partial charge in [-0.1, -0.05) is 35.9 Å². The minimum atomic E-state index is -0.626. The average molecular weight is 587 g/mol. The predicted molar refractivity (Wildman–Crippen MR) is 152 cm³/mol. The van der Waals surface area contributed by atoms with Crippen LogP contribution in [0.3, 0.4) is 0 Å². The highest BCUT2D eigenvalue weighted by Crippen LogP contribution is 2.45. The summed E-state index contributed by atoms with van der Waals surface area (Å²) in [4.78, 5) is 12.4. The molecule has 8 nitrogen and oxygen atoms in total. The average Bonchev–Trinajstić information content (AvgIpc) is 2.99. The molecule has 0 aliphatic carbocycles. The zero-order chi connectivity index (χ0) is 29.6. The fourth-order valence-corrected chi connectivity index (χ4v) is 4.53. The lowest BCUT2D eigenvalue weighted by molar-refractivity contribution is -0.136. The third-order valence-electron chi connectivity index (χ3n) is 6.42. The van der Waals surface area contributed by atoms with Crippen molar-refractivity contribution in [2.45, 2.75) is 12.5 Å². The van der Waals surface area contributed by atoms with Gasteiger partial charge in [-0.25, -0.2) is 9.18 Å². The first kappa shape index (κ1) is 28.3. The Kier molecular flexibility index (Phi) is 8.46. The van der Waals surface area contributed by atoms with E-state index in [4.69, 9.17) is 41.0 Å². The Balaban J connectivity index is 1.35. The van der Waals surface area contributed by atoms with E-state index in [-0.39, 0.29) is 36.2 Å². The lowest BCUT2D eigenvalue weighted by atomic mass is 9.83. The Hall–Kier alpha value is -5.20. The molecule has 1 unspecified atom stereocenters. The molecule has 0 bridgehead atoms. The van der Waals surface area contributed by atoms with Crippen LogP contribution in [0.4, 0.5) is 4.39 Å². The van der Waals surface area contributed by atoms with E-state index in [0.29, 0.717) is 39.1 Å². The molecule has 2 N–H and O–H groups in total. The van der Waals surface area contributed by atoms with E-state index in [1.54, 1.807) is 66.7 Å². The molecule has 0 radical (unpaired) electrons. The summed E-state index contributed by atoms with van der Waals surface area (Å²) < 4.78 is 41.3. The number of nitriles is 1. The SMILES string of the molecule is COc1cc(C2C(C#N)=C(N)Oc3cc(OC(=O)COc4ccc(Cl)cc4)ccc32)ccc1OCc1ccc(F)cc1. The number of allylic oxidation sites excluding steroid dienone is 1. The number of nitrogens with two attached hydrogens (primary N) is 1. The summed E-state index contributed by atoms with van der Waals surface area (Å²) in [6.07, 6.45) is 0. The summed E-state index contributed by atoms with van der Waals surface area (Å²) in [5.41, 5.74) is 8.49. The molecular formula is C32H24ClFN2O6. The van der Waals surface area contributed by atoms with Crippen molar-refractivity contribution in [1.82, 2.24) is 0 Å². The van der Waals surface area contributed by atoms with E-state index >= 15 is 0 Å². The molecule has 1 aliphatic heterocycles. The second-order valence-corrected chi connectivity index (χ2v) is 9.60. The van der Waals surface area contributed by atoms with E-state index < -0.39 is 11.9 Å². The first-order chi connectivity index (χ1) is 20.3. The van der Waals surface area contributed by atoms with Crippen molar-refractivity contribution in [2.24, 2.45) is 5.73 Å². The first-order valence-corrected chi connectivity index (χ1v) is 13.1. The van der Waals surface area contributed by atoms with Gasteiger partial charge in [-0.05, 0) is 65.7 Å². The van der Waals surface area contributed by atoms with E-state index in [9.17, 15) is 14.4 Å². The molecule has 0 saturated carbocycles. The molecule has 1 atom stereocenters. The number of hydrogen-bond donors (Lipinski definition) is 1. The van der Waals surface area contributed by atoms with Gasteiger partial charge in [0.2, 0.25) is 5.88 Å². The summed E-state index contributed by atoms with van der Waals surface area (Å²) in [6.45, 7) is -0.114. The minimum Gasteiger partial charge on any atom is -0.493 e. The van der Waals surface area contributed by atoms with Gasteiger partial charge in [0, 0.05) is 16.7 Å². The van der Waals surface area contributed by atoms with Gasteiger partial charge < -0.3 is 29.4 Å². The number of ether oxygens (including phenoxy) is 5. The molecule has 4 aromatic carbocycles. The molecule has 0 aromatic heterocycles. The molecule has 42 heavy (non-hydrogen) atoms. The van der Waals surface area contributed by atoms with Crippen LogP contribution in [0.2, 0.25) is 5.02 Å². The van der Waals surface area contributed by atoms with Crippen molar-refractivity contribution in [3.63, 3.8) is 0 Å². The number of halogens is 2. The molecule has 0 spiro atoms. The number of hydrogen-bond acceptors (Lipinski definition) is 8. The quantitative estimate of drug-likeness (QED) is 0.180. The third-order valence-corrected chi connectivity index (χ3v) is 6.67. The van der Waals surface area contributed by atoms with Crippen LogP contribution in [0.1, 0.15) is 22.6 Å². The lowest BCUT2D eigenvalue weighted by Gasteiger charge is -2.27. The maximum Gasteiger partial charge on any atom is 0.349 e. The monoisotopic (exact) mass is 586 g/mol. The van der Waals surface area contributed by atoms with Gasteiger partial charge >= 0.3 is 5.97 Å². The molecule has 212 valence electrons. The summed E-state index contributed by atoms with van der Waals surface area (Å²) >= 11 is 5.87. The smallest absolute Gasteiger partial charge is 0.349 e. The molecule has 0 fully saturated rings. The number of benzene rings is 4. The highest BCUT2D eigenvalue weighted by molar-refractivity contribution is 6.30. The van der Waals surface area contributed by atoms with Crippen LogP contribution in [-0.2, 0) is 11.4 Å². The van der Waals surface area contributed by atoms with Gasteiger partial charge in [0.05, 0.1) is 13.0 Å². The van der Waals surface area contributed by atoms with Crippen LogP contribution in [0.25, 0.3) is 0 Å². The van der Waals surface area contributed by atoms with E-state index in [1.165, 1.54) is 25.3 Å². The van der Waals surface area contributed by atoms with Crippen LogP contribution in [-0.4, -0.2) is 19.7 Å². The van der Waals surface area contributed by atoms with Crippen molar-refractivity contribution in [3.8, 4) is 34.8 Å². The van der Waals surface area contributed by atoms with Crippen LogP contribution in [0.5, 0.6) is 28.7 Å². The topological polar surface area (TPSA) is 113 Å². The Morgan fingerprint density at radius 1 is 0.976 bits per heavy atom. The summed E-state index contributed by atoms with van der Waals surface area (Å²) in [5.74, 6) is 0.310. The van der Waals surface area contributed by atoms with Gasteiger partial charge in [-0.3, -0.25) is 0 Å². The van der Waals surface area contributed by atoms with Crippen molar-refractivity contribution < 1.29 is 32.9 Å². The number of carbonyl (C=O) groups excluding carboxylic acids is 1. The maximum absolute atomic E-state index is 13.2. The summed E-state index contributed by atoms with van der Waals surface area (Å²) in [5, 5.41) is 10.5. The molecule has 4 aromatic rings. The molecule has 1 heterocycles. The number of rotatable bonds is 9. The zero-order valence-electron chi connectivity index (χ0n) is 22.3. The van der Waals surface area contributed by atoms with Crippen molar-refractivity contribution in [3.05, 3.63) is 124 Å². The molecule has 10 heteroatoms. The van der Waals surface area contributed by atoms with Crippen LogP contribution in [0.15, 0.2) is 96.4 Å². The van der Waals surface area contributed by atoms with Gasteiger partial charge in [-0.2, -0.15) is 5.26 Å². The van der Waals surface area contributed by atoms with Crippen LogP contribution >= 0.6 is 11.6 Å². The van der Waals surface area contributed by atoms with Crippen molar-refractivity contribution in [1.29, 1.82) is 5.26 Å². The molecule has 1 aliphatic rings. The first-order valence-electron chi connectivity index (χ1n) is 12.7. The summed E-state index contributed by atoms with van der Waals surface area (Å²) in [7, 11) is 1.51. The third kappa shape index (κ3) is 6.40. The predicted octanol–water partition coefficient (Wildman–Crippen LogP) is 6.27. The fourth-order valence-electron chi connectivity index (χ4n) is 4.40. The maximum atomic E-state index is 13.2.